The monoisotopic (exact) mass is 473 g/mol. The third kappa shape index (κ3) is 5.85. The average molecular weight is 473 g/mol. The molecule has 2 amide bonds. The van der Waals surface area contributed by atoms with Crippen LogP contribution in [0, 0.1) is 0 Å². The molecule has 4 rings (SSSR count). The van der Waals surface area contributed by atoms with Crippen molar-refractivity contribution >= 4 is 17.5 Å². The molecular weight excluding hydrogens is 451 g/mol. The van der Waals surface area contributed by atoms with Crippen LogP contribution in [0.15, 0.2) is 60.7 Å². The summed E-state index contributed by atoms with van der Waals surface area (Å²) >= 11 is 0. The molecule has 8 nitrogen and oxygen atoms in total. The minimum absolute atomic E-state index is 0.330. The van der Waals surface area contributed by atoms with Gasteiger partial charge in [-0.2, -0.15) is 0 Å². The van der Waals surface area contributed by atoms with E-state index in [0.29, 0.717) is 37.7 Å². The van der Waals surface area contributed by atoms with Crippen molar-refractivity contribution in [1.82, 2.24) is 15.1 Å². The molecule has 2 heterocycles. The third-order valence-electron chi connectivity index (χ3n) is 5.25. The molecule has 34 heavy (non-hydrogen) atoms. The van der Waals surface area contributed by atoms with E-state index in [9.17, 15) is 18.0 Å². The van der Waals surface area contributed by atoms with Crippen LogP contribution in [-0.2, 0) is 0 Å². The van der Waals surface area contributed by atoms with Crippen molar-refractivity contribution in [2.75, 3.05) is 43.5 Å². The lowest BCUT2D eigenvalue weighted by Gasteiger charge is -2.35. The highest BCUT2D eigenvalue weighted by molar-refractivity contribution is 5.89. The first kappa shape index (κ1) is 23.1. The Hall–Kier alpha value is -4.02. The minimum atomic E-state index is -4.76. The zero-order valence-electron chi connectivity index (χ0n) is 18.2. The predicted molar refractivity (Wildman–Crippen MR) is 120 cm³/mol. The van der Waals surface area contributed by atoms with Gasteiger partial charge < -0.3 is 24.6 Å². The molecule has 0 radical (unpaired) electrons. The van der Waals surface area contributed by atoms with E-state index < -0.39 is 6.36 Å². The quantitative estimate of drug-likeness (QED) is 0.592. The maximum Gasteiger partial charge on any atom is 0.573 e. The standard InChI is InChI=1S/C23H22F3N5O3/c1-33-19-4-2-3-16(15-19)20-9-10-21(29-28-20)30-11-13-31(14-12-30)22(32)27-17-5-7-18(8-6-17)34-23(24,25)26/h2-10,15H,11-14H2,1H3,(H,27,32). The number of aromatic nitrogens is 2. The number of urea groups is 1. The Balaban J connectivity index is 1.30. The minimum Gasteiger partial charge on any atom is -0.497 e. The predicted octanol–water partition coefficient (Wildman–Crippen LogP) is 4.40. The van der Waals surface area contributed by atoms with Gasteiger partial charge in [0.05, 0.1) is 12.8 Å². The van der Waals surface area contributed by atoms with E-state index in [0.717, 1.165) is 29.1 Å². The Morgan fingerprint density at radius 2 is 1.68 bits per heavy atom. The summed E-state index contributed by atoms with van der Waals surface area (Å²) in [6, 6.07) is 16.0. The van der Waals surface area contributed by atoms with Crippen LogP contribution >= 0.6 is 0 Å². The van der Waals surface area contributed by atoms with Gasteiger partial charge in [0, 0.05) is 37.4 Å². The molecule has 0 atom stereocenters. The summed E-state index contributed by atoms with van der Waals surface area (Å²) in [5.41, 5.74) is 2.01. The third-order valence-corrected chi connectivity index (χ3v) is 5.25. The first-order chi connectivity index (χ1) is 16.3. The van der Waals surface area contributed by atoms with E-state index in [-0.39, 0.29) is 11.8 Å². The number of piperazine rings is 1. The number of halogens is 3. The summed E-state index contributed by atoms with van der Waals surface area (Å²) in [6.45, 7) is 2.05. The van der Waals surface area contributed by atoms with Gasteiger partial charge in [-0.3, -0.25) is 0 Å². The van der Waals surface area contributed by atoms with Crippen LogP contribution in [0.2, 0.25) is 0 Å². The van der Waals surface area contributed by atoms with Crippen LogP contribution < -0.4 is 19.7 Å². The molecular formula is C23H22F3N5O3. The molecule has 0 bridgehead atoms. The first-order valence-corrected chi connectivity index (χ1v) is 10.5. The molecule has 0 spiro atoms. The number of nitrogens with zero attached hydrogens (tertiary/aromatic N) is 4. The molecule has 1 aromatic heterocycles. The second kappa shape index (κ2) is 9.86. The number of ether oxygens (including phenoxy) is 2. The van der Waals surface area contributed by atoms with E-state index in [1.54, 1.807) is 12.0 Å². The molecule has 1 N–H and O–H groups in total. The number of rotatable bonds is 5. The van der Waals surface area contributed by atoms with E-state index in [4.69, 9.17) is 4.74 Å². The van der Waals surface area contributed by atoms with Gasteiger partial charge in [0.25, 0.3) is 0 Å². The van der Waals surface area contributed by atoms with Gasteiger partial charge in [-0.15, -0.1) is 23.4 Å². The van der Waals surface area contributed by atoms with Crippen molar-refractivity contribution in [1.29, 1.82) is 0 Å². The molecule has 11 heteroatoms. The van der Waals surface area contributed by atoms with Gasteiger partial charge in [0.15, 0.2) is 5.82 Å². The first-order valence-electron chi connectivity index (χ1n) is 10.5. The summed E-state index contributed by atoms with van der Waals surface area (Å²) < 4.78 is 45.9. The Labute approximate surface area is 193 Å². The summed E-state index contributed by atoms with van der Waals surface area (Å²) in [5, 5.41) is 11.3. The molecule has 0 saturated carbocycles. The molecule has 1 aliphatic rings. The van der Waals surface area contributed by atoms with Crippen molar-refractivity contribution in [3.63, 3.8) is 0 Å². The number of hydrogen-bond donors (Lipinski definition) is 1. The molecule has 2 aromatic carbocycles. The smallest absolute Gasteiger partial charge is 0.497 e. The summed E-state index contributed by atoms with van der Waals surface area (Å²) in [5.74, 6) is 1.10. The fraction of sp³-hybridized carbons (Fsp3) is 0.261. The maximum absolute atomic E-state index is 12.5. The Kier molecular flexibility index (Phi) is 6.71. The van der Waals surface area contributed by atoms with Crippen molar-refractivity contribution in [2.24, 2.45) is 0 Å². The summed E-state index contributed by atoms with van der Waals surface area (Å²) in [4.78, 5) is 16.2. The molecule has 0 unspecified atom stereocenters. The van der Waals surface area contributed by atoms with Gasteiger partial charge in [0.2, 0.25) is 0 Å². The zero-order valence-corrected chi connectivity index (χ0v) is 18.2. The molecule has 1 saturated heterocycles. The lowest BCUT2D eigenvalue weighted by Crippen LogP contribution is -2.50. The second-order valence-electron chi connectivity index (χ2n) is 7.49. The normalized spacial score (nSPS) is 14.0. The van der Waals surface area contributed by atoms with Crippen LogP contribution in [0.25, 0.3) is 11.3 Å². The van der Waals surface area contributed by atoms with Crippen LogP contribution in [0.3, 0.4) is 0 Å². The number of methoxy groups -OCH3 is 1. The Morgan fingerprint density at radius 1 is 0.941 bits per heavy atom. The number of hydrogen-bond acceptors (Lipinski definition) is 6. The Bertz CT molecular complexity index is 1120. The topological polar surface area (TPSA) is 79.8 Å². The van der Waals surface area contributed by atoms with Crippen molar-refractivity contribution in [2.45, 2.75) is 6.36 Å². The summed E-state index contributed by atoms with van der Waals surface area (Å²) in [6.07, 6.45) is -4.76. The second-order valence-corrected chi connectivity index (χ2v) is 7.49. The molecule has 1 fully saturated rings. The lowest BCUT2D eigenvalue weighted by molar-refractivity contribution is -0.274. The fourth-order valence-corrected chi connectivity index (χ4v) is 3.51. The van der Waals surface area contributed by atoms with Gasteiger partial charge >= 0.3 is 12.4 Å². The summed E-state index contributed by atoms with van der Waals surface area (Å²) in [7, 11) is 1.61. The fourth-order valence-electron chi connectivity index (χ4n) is 3.51. The van der Waals surface area contributed by atoms with E-state index >= 15 is 0 Å². The number of amides is 2. The highest BCUT2D eigenvalue weighted by Gasteiger charge is 2.31. The lowest BCUT2D eigenvalue weighted by atomic mass is 10.1. The van der Waals surface area contributed by atoms with Gasteiger partial charge in [0.1, 0.15) is 11.5 Å². The average Bonchev–Trinajstić information content (AvgIpc) is 2.84. The number of nitrogens with one attached hydrogen (secondary N) is 1. The van der Waals surface area contributed by atoms with E-state index in [1.165, 1.54) is 12.1 Å². The van der Waals surface area contributed by atoms with Crippen LogP contribution in [0.1, 0.15) is 0 Å². The zero-order chi connectivity index (χ0) is 24.1. The van der Waals surface area contributed by atoms with Crippen LogP contribution in [0.4, 0.5) is 29.5 Å². The van der Waals surface area contributed by atoms with Gasteiger partial charge in [-0.05, 0) is 48.5 Å². The highest BCUT2D eigenvalue weighted by atomic mass is 19.4. The molecule has 178 valence electrons. The van der Waals surface area contributed by atoms with Crippen molar-refractivity contribution in [3.8, 4) is 22.8 Å². The number of alkyl halides is 3. The van der Waals surface area contributed by atoms with Gasteiger partial charge in [-0.25, -0.2) is 4.79 Å². The molecule has 1 aliphatic heterocycles. The number of benzene rings is 2. The largest absolute Gasteiger partial charge is 0.573 e. The van der Waals surface area contributed by atoms with Crippen LogP contribution in [0.5, 0.6) is 11.5 Å². The van der Waals surface area contributed by atoms with E-state index in [1.807, 2.05) is 41.3 Å². The number of carbonyl (C=O) groups is 1. The van der Waals surface area contributed by atoms with Crippen molar-refractivity contribution in [3.05, 3.63) is 60.7 Å². The molecule has 3 aromatic rings. The number of carbonyl (C=O) groups excluding carboxylic acids is 1. The SMILES string of the molecule is COc1cccc(-c2ccc(N3CCN(C(=O)Nc4ccc(OC(F)(F)F)cc4)CC3)nn2)c1. The van der Waals surface area contributed by atoms with E-state index in [2.05, 4.69) is 20.3 Å². The van der Waals surface area contributed by atoms with Gasteiger partial charge in [-0.1, -0.05) is 12.1 Å². The molecule has 0 aliphatic carbocycles. The highest BCUT2D eigenvalue weighted by Crippen LogP contribution is 2.25. The Morgan fingerprint density at radius 3 is 2.29 bits per heavy atom. The maximum atomic E-state index is 12.5. The number of anilines is 2. The van der Waals surface area contributed by atoms with Crippen LogP contribution in [-0.4, -0.2) is 60.8 Å². The van der Waals surface area contributed by atoms with Crippen molar-refractivity contribution < 1.29 is 27.4 Å².